The molecule has 1 atom stereocenters. The van der Waals surface area contributed by atoms with E-state index in [1.54, 1.807) is 0 Å². The minimum absolute atomic E-state index is 0.254. The molecular formula is C18H28N2. The summed E-state index contributed by atoms with van der Waals surface area (Å²) in [7, 11) is 0. The number of hydrogen-bond acceptors (Lipinski definition) is 2. The first-order valence-corrected chi connectivity index (χ1v) is 8.00. The molecule has 0 bridgehead atoms. The standard InChI is InChI=1S/C18H28N2/c1-13-5-6-15(9-14(13)2)10-20-11-17(16-7-8-16)19-12-18(20,3)4/h5-6,9,16-17,19H,7-8,10-12H2,1-4H3. The number of piperazine rings is 1. The Labute approximate surface area is 123 Å². The first-order chi connectivity index (χ1) is 9.45. The molecule has 1 aliphatic carbocycles. The highest BCUT2D eigenvalue weighted by atomic mass is 15.3. The molecular weight excluding hydrogens is 244 g/mol. The van der Waals surface area contributed by atoms with Crippen molar-refractivity contribution in [2.24, 2.45) is 5.92 Å². The first-order valence-electron chi connectivity index (χ1n) is 8.00. The van der Waals surface area contributed by atoms with Gasteiger partial charge in [-0.05, 0) is 63.1 Å². The van der Waals surface area contributed by atoms with E-state index in [-0.39, 0.29) is 5.54 Å². The summed E-state index contributed by atoms with van der Waals surface area (Å²) in [6.07, 6.45) is 2.85. The Morgan fingerprint density at radius 1 is 1.20 bits per heavy atom. The van der Waals surface area contributed by atoms with E-state index >= 15 is 0 Å². The van der Waals surface area contributed by atoms with Gasteiger partial charge in [0.05, 0.1) is 0 Å². The van der Waals surface area contributed by atoms with Crippen molar-refractivity contribution in [2.45, 2.75) is 58.7 Å². The van der Waals surface area contributed by atoms with Crippen LogP contribution in [0.5, 0.6) is 0 Å². The Hall–Kier alpha value is -0.860. The third kappa shape index (κ3) is 2.91. The summed E-state index contributed by atoms with van der Waals surface area (Å²) in [6.45, 7) is 12.5. The summed E-state index contributed by atoms with van der Waals surface area (Å²) in [5, 5.41) is 3.77. The second kappa shape index (κ2) is 5.16. The van der Waals surface area contributed by atoms with Gasteiger partial charge in [-0.15, -0.1) is 0 Å². The van der Waals surface area contributed by atoms with Gasteiger partial charge in [0.25, 0.3) is 0 Å². The van der Waals surface area contributed by atoms with Gasteiger partial charge in [-0.25, -0.2) is 0 Å². The van der Waals surface area contributed by atoms with Gasteiger partial charge < -0.3 is 5.32 Å². The van der Waals surface area contributed by atoms with Crippen molar-refractivity contribution >= 4 is 0 Å². The fourth-order valence-electron chi connectivity index (χ4n) is 3.26. The van der Waals surface area contributed by atoms with Crippen molar-refractivity contribution < 1.29 is 0 Å². The Morgan fingerprint density at radius 3 is 2.60 bits per heavy atom. The lowest BCUT2D eigenvalue weighted by molar-refractivity contribution is 0.0533. The molecule has 1 saturated carbocycles. The third-order valence-electron chi connectivity index (χ3n) is 5.21. The number of nitrogens with zero attached hydrogens (tertiary/aromatic N) is 1. The molecule has 110 valence electrons. The third-order valence-corrected chi connectivity index (χ3v) is 5.21. The van der Waals surface area contributed by atoms with Gasteiger partial charge >= 0.3 is 0 Å². The first kappa shape index (κ1) is 14.1. The van der Waals surface area contributed by atoms with Crippen LogP contribution < -0.4 is 5.32 Å². The zero-order chi connectivity index (χ0) is 14.3. The summed E-state index contributed by atoms with van der Waals surface area (Å²) in [5.74, 6) is 0.938. The quantitative estimate of drug-likeness (QED) is 0.908. The molecule has 1 aliphatic heterocycles. The number of nitrogens with one attached hydrogen (secondary N) is 1. The summed E-state index contributed by atoms with van der Waals surface area (Å²) >= 11 is 0. The summed E-state index contributed by atoms with van der Waals surface area (Å²) in [4.78, 5) is 2.68. The Morgan fingerprint density at radius 2 is 1.95 bits per heavy atom. The monoisotopic (exact) mass is 272 g/mol. The number of rotatable bonds is 3. The van der Waals surface area contributed by atoms with Crippen LogP contribution in [0, 0.1) is 19.8 Å². The van der Waals surface area contributed by atoms with E-state index < -0.39 is 0 Å². The lowest BCUT2D eigenvalue weighted by atomic mass is 9.94. The Balaban J connectivity index is 1.73. The molecule has 1 N–H and O–H groups in total. The minimum Gasteiger partial charge on any atom is -0.311 e. The van der Waals surface area contributed by atoms with Crippen LogP contribution >= 0.6 is 0 Å². The zero-order valence-corrected chi connectivity index (χ0v) is 13.4. The Kier molecular flexibility index (Phi) is 3.64. The predicted octanol–water partition coefficient (Wildman–Crippen LogP) is 3.27. The average molecular weight is 272 g/mol. The van der Waals surface area contributed by atoms with E-state index in [1.165, 1.54) is 36.1 Å². The van der Waals surface area contributed by atoms with Gasteiger partial charge in [0.2, 0.25) is 0 Å². The maximum atomic E-state index is 3.77. The summed E-state index contributed by atoms with van der Waals surface area (Å²) in [6, 6.07) is 7.64. The van der Waals surface area contributed by atoms with Crippen LogP contribution in [0.3, 0.4) is 0 Å². The van der Waals surface area contributed by atoms with E-state index in [2.05, 4.69) is 56.1 Å². The molecule has 1 aromatic rings. The van der Waals surface area contributed by atoms with Crippen molar-refractivity contribution in [1.29, 1.82) is 0 Å². The highest BCUT2D eigenvalue weighted by Crippen LogP contribution is 2.36. The average Bonchev–Trinajstić information content (AvgIpc) is 3.20. The van der Waals surface area contributed by atoms with Crippen molar-refractivity contribution in [1.82, 2.24) is 10.2 Å². The zero-order valence-electron chi connectivity index (χ0n) is 13.4. The van der Waals surface area contributed by atoms with E-state index in [4.69, 9.17) is 0 Å². The number of benzene rings is 1. The summed E-state index contributed by atoms with van der Waals surface area (Å²) in [5.41, 5.74) is 4.51. The molecule has 20 heavy (non-hydrogen) atoms. The maximum Gasteiger partial charge on any atom is 0.0281 e. The second-order valence-electron chi connectivity index (χ2n) is 7.44. The minimum atomic E-state index is 0.254. The van der Waals surface area contributed by atoms with Crippen molar-refractivity contribution in [3.8, 4) is 0 Å². The topological polar surface area (TPSA) is 15.3 Å². The molecule has 0 aromatic heterocycles. The van der Waals surface area contributed by atoms with Crippen LogP contribution in [-0.2, 0) is 6.54 Å². The van der Waals surface area contributed by atoms with E-state index in [0.717, 1.165) is 25.0 Å². The van der Waals surface area contributed by atoms with E-state index in [9.17, 15) is 0 Å². The van der Waals surface area contributed by atoms with Crippen molar-refractivity contribution in [3.05, 3.63) is 34.9 Å². The maximum absolute atomic E-state index is 3.77. The smallest absolute Gasteiger partial charge is 0.0281 e. The fraction of sp³-hybridized carbons (Fsp3) is 0.667. The van der Waals surface area contributed by atoms with Gasteiger partial charge in [-0.1, -0.05) is 18.2 Å². The molecule has 1 heterocycles. The second-order valence-corrected chi connectivity index (χ2v) is 7.44. The van der Waals surface area contributed by atoms with Crippen LogP contribution in [-0.4, -0.2) is 29.6 Å². The van der Waals surface area contributed by atoms with Crippen LogP contribution in [0.1, 0.15) is 43.4 Å². The molecule has 2 fully saturated rings. The van der Waals surface area contributed by atoms with Gasteiger partial charge in [0.15, 0.2) is 0 Å². The molecule has 0 amide bonds. The van der Waals surface area contributed by atoms with Crippen molar-refractivity contribution in [3.63, 3.8) is 0 Å². The van der Waals surface area contributed by atoms with Gasteiger partial charge in [0.1, 0.15) is 0 Å². The van der Waals surface area contributed by atoms with Crippen LogP contribution in [0.15, 0.2) is 18.2 Å². The SMILES string of the molecule is Cc1ccc(CN2CC(C3CC3)NCC2(C)C)cc1C. The van der Waals surface area contributed by atoms with Crippen molar-refractivity contribution in [2.75, 3.05) is 13.1 Å². The largest absolute Gasteiger partial charge is 0.311 e. The molecule has 1 aromatic carbocycles. The lowest BCUT2D eigenvalue weighted by Crippen LogP contribution is -2.62. The highest BCUT2D eigenvalue weighted by molar-refractivity contribution is 5.30. The highest BCUT2D eigenvalue weighted by Gasteiger charge is 2.40. The molecule has 0 spiro atoms. The Bertz CT molecular complexity index is 488. The van der Waals surface area contributed by atoms with Crippen LogP contribution in [0.4, 0.5) is 0 Å². The fourth-order valence-corrected chi connectivity index (χ4v) is 3.26. The van der Waals surface area contributed by atoms with Gasteiger partial charge in [-0.2, -0.15) is 0 Å². The molecule has 2 aliphatic rings. The van der Waals surface area contributed by atoms with E-state index in [0.29, 0.717) is 0 Å². The molecule has 0 radical (unpaired) electrons. The molecule has 2 nitrogen and oxygen atoms in total. The van der Waals surface area contributed by atoms with Gasteiger partial charge in [0, 0.05) is 31.2 Å². The van der Waals surface area contributed by atoms with Crippen LogP contribution in [0.25, 0.3) is 0 Å². The molecule has 3 rings (SSSR count). The number of hydrogen-bond donors (Lipinski definition) is 1. The number of aryl methyl sites for hydroxylation is 2. The normalized spacial score (nSPS) is 26.7. The predicted molar refractivity (Wildman–Crippen MR) is 84.9 cm³/mol. The van der Waals surface area contributed by atoms with E-state index in [1.807, 2.05) is 0 Å². The molecule has 1 unspecified atom stereocenters. The summed E-state index contributed by atoms with van der Waals surface area (Å²) < 4.78 is 0. The van der Waals surface area contributed by atoms with Gasteiger partial charge in [-0.3, -0.25) is 4.90 Å². The van der Waals surface area contributed by atoms with Crippen LogP contribution in [0.2, 0.25) is 0 Å². The molecule has 2 heteroatoms. The molecule has 1 saturated heterocycles. The lowest BCUT2D eigenvalue weighted by Gasteiger charge is -2.46.